The molecule has 6 aromatic carbocycles. The van der Waals surface area contributed by atoms with Crippen LogP contribution >= 0.6 is 0 Å². The highest BCUT2D eigenvalue weighted by Crippen LogP contribution is 2.35. The van der Waals surface area contributed by atoms with Crippen molar-refractivity contribution in [3.8, 4) is 50.4 Å². The molecule has 3 nitrogen and oxygen atoms in total. The number of hydrogen-bond donors (Lipinski definition) is 0. The lowest BCUT2D eigenvalue weighted by atomic mass is 9.91. The molecule has 0 aliphatic rings. The van der Waals surface area contributed by atoms with E-state index in [1.165, 1.54) is 100 Å². The molecular weight excluding hydrogens is 655 g/mol. The minimum atomic E-state index is 1.16. The number of aromatic nitrogens is 3. The second kappa shape index (κ2) is 14.3. The van der Waals surface area contributed by atoms with E-state index in [0.29, 0.717) is 0 Å². The summed E-state index contributed by atoms with van der Waals surface area (Å²) in [5, 5.41) is 0. The van der Waals surface area contributed by atoms with Crippen molar-refractivity contribution < 1.29 is 13.7 Å². The Balaban J connectivity index is 1.45. The van der Waals surface area contributed by atoms with E-state index in [0.717, 1.165) is 17.1 Å². The first-order chi connectivity index (χ1) is 25.7. The largest absolute Gasteiger partial charge is 0.428 e. The molecule has 0 fully saturated rings. The van der Waals surface area contributed by atoms with E-state index in [9.17, 15) is 0 Å². The summed E-state index contributed by atoms with van der Waals surface area (Å²) in [5.41, 5.74) is 26.7. The predicted octanol–water partition coefficient (Wildman–Crippen LogP) is 11.2. The van der Waals surface area contributed by atoms with Crippen molar-refractivity contribution in [2.75, 3.05) is 0 Å². The van der Waals surface area contributed by atoms with Crippen molar-refractivity contribution in [2.24, 2.45) is 0 Å². The number of benzene rings is 6. The van der Waals surface area contributed by atoms with Gasteiger partial charge >= 0.3 is 19.0 Å². The van der Waals surface area contributed by atoms with Crippen LogP contribution in [0.2, 0.25) is 0 Å². The van der Waals surface area contributed by atoms with E-state index in [2.05, 4.69) is 207 Å². The Kier molecular flexibility index (Phi) is 9.70. The number of hydrogen-bond acceptors (Lipinski definition) is 0. The molecule has 0 N–H and O–H groups in total. The van der Waals surface area contributed by atoms with E-state index in [-0.39, 0.29) is 0 Å². The third kappa shape index (κ3) is 6.57. The first kappa shape index (κ1) is 36.7. The van der Waals surface area contributed by atoms with Crippen LogP contribution in [0.3, 0.4) is 0 Å². The van der Waals surface area contributed by atoms with Crippen LogP contribution in [0.4, 0.5) is 0 Å². The molecule has 1 heterocycles. The maximum atomic E-state index is 2.37. The molecule has 7 aromatic rings. The van der Waals surface area contributed by atoms with Gasteiger partial charge in [-0.3, -0.25) is 0 Å². The Bertz CT molecular complexity index is 2260. The smallest absolute Gasteiger partial charge is 0.0617 e. The molecule has 0 saturated carbocycles. The molecule has 0 spiro atoms. The summed E-state index contributed by atoms with van der Waals surface area (Å²) in [4.78, 5) is 0. The summed E-state index contributed by atoms with van der Waals surface area (Å²) in [6.07, 6.45) is 6.72. The van der Waals surface area contributed by atoms with Crippen LogP contribution in [0.5, 0.6) is 0 Å². The van der Waals surface area contributed by atoms with Gasteiger partial charge in [-0.05, 0) is 185 Å². The van der Waals surface area contributed by atoms with Crippen molar-refractivity contribution >= 4 is 0 Å². The SMILES string of the molecule is Cc1cc(-[n+]2c[n+](-c3cc(C)c(-c4c(C)cccc4C)cc3C)c[n+](-c3cc(C)c(-c4c(C)cccc4C)cc3C)c2)c(C)cc1-c1c(C)cccc1C. The predicted molar refractivity (Wildman–Crippen MR) is 224 cm³/mol. The first-order valence-corrected chi connectivity index (χ1v) is 19.2. The molecule has 54 heavy (non-hydrogen) atoms. The lowest BCUT2D eigenvalue weighted by Crippen LogP contribution is -2.55. The molecule has 0 bridgehead atoms. The molecule has 0 unspecified atom stereocenters. The van der Waals surface area contributed by atoms with Gasteiger partial charge in [0.15, 0.2) is 0 Å². The minimum Gasteiger partial charge on any atom is -0.0617 e. The molecule has 1 aromatic heterocycles. The quantitative estimate of drug-likeness (QED) is 0.152. The average molecular weight is 709 g/mol. The lowest BCUT2D eigenvalue weighted by molar-refractivity contribution is -0.858. The highest BCUT2D eigenvalue weighted by atomic mass is 15.2. The zero-order valence-corrected chi connectivity index (χ0v) is 34.2. The van der Waals surface area contributed by atoms with Gasteiger partial charge in [0.25, 0.3) is 0 Å². The van der Waals surface area contributed by atoms with Gasteiger partial charge in [0.2, 0.25) is 17.1 Å². The highest BCUT2D eigenvalue weighted by Gasteiger charge is 2.30. The second-order valence-corrected chi connectivity index (χ2v) is 15.7. The van der Waals surface area contributed by atoms with Crippen molar-refractivity contribution in [1.29, 1.82) is 0 Å². The molecule has 0 aliphatic carbocycles. The fourth-order valence-electron chi connectivity index (χ4n) is 8.63. The fourth-order valence-corrected chi connectivity index (χ4v) is 8.63. The summed E-state index contributed by atoms with van der Waals surface area (Å²) in [6.45, 7) is 26.8. The van der Waals surface area contributed by atoms with Crippen molar-refractivity contribution in [3.63, 3.8) is 0 Å². The van der Waals surface area contributed by atoms with E-state index >= 15 is 0 Å². The summed E-state index contributed by atoms with van der Waals surface area (Å²) in [7, 11) is 0. The van der Waals surface area contributed by atoms with E-state index in [1.807, 2.05) is 0 Å². The minimum absolute atomic E-state index is 1.16. The monoisotopic (exact) mass is 708 g/mol. The van der Waals surface area contributed by atoms with E-state index in [1.54, 1.807) is 0 Å². The molecular formula is C51H54N3+3. The molecule has 0 atom stereocenters. The van der Waals surface area contributed by atoms with Crippen molar-refractivity contribution in [1.82, 2.24) is 0 Å². The molecule has 3 heteroatoms. The summed E-state index contributed by atoms with van der Waals surface area (Å²) < 4.78 is 6.91. The molecule has 270 valence electrons. The average Bonchev–Trinajstić information content (AvgIpc) is 3.11. The van der Waals surface area contributed by atoms with Crippen LogP contribution in [0.15, 0.2) is 110 Å². The van der Waals surface area contributed by atoms with Gasteiger partial charge in [-0.1, -0.05) is 68.3 Å². The van der Waals surface area contributed by atoms with Gasteiger partial charge in [0.05, 0.1) is 0 Å². The standard InChI is InChI=1S/C51H54N3/c1-31-16-13-17-32(2)49(31)43-22-40(10)46(25-37(43)7)52-28-53(47-26-38(8)44(23-41(47)11)50-33(3)18-14-19-34(50)4)30-54(29-52)48-27-39(9)45(24-42(48)12)51-35(5)20-15-21-36(51)6/h13-30H,1-12H3/q+3. The van der Waals surface area contributed by atoms with Crippen LogP contribution in [0.25, 0.3) is 50.4 Å². The van der Waals surface area contributed by atoms with Gasteiger partial charge < -0.3 is 0 Å². The van der Waals surface area contributed by atoms with Gasteiger partial charge in [0.1, 0.15) is 0 Å². The summed E-state index contributed by atoms with van der Waals surface area (Å²) in [5.74, 6) is 0. The third-order valence-electron chi connectivity index (χ3n) is 11.5. The molecule has 7 rings (SSSR count). The van der Waals surface area contributed by atoms with Gasteiger partial charge in [-0.2, -0.15) is 0 Å². The maximum Gasteiger partial charge on any atom is 0.428 e. The second-order valence-electron chi connectivity index (χ2n) is 15.7. The molecule has 0 aliphatic heterocycles. The van der Waals surface area contributed by atoms with Crippen molar-refractivity contribution in [3.05, 3.63) is 177 Å². The van der Waals surface area contributed by atoms with Gasteiger partial charge in [-0.25, -0.2) is 0 Å². The van der Waals surface area contributed by atoms with E-state index < -0.39 is 0 Å². The fraction of sp³-hybridized carbons (Fsp3) is 0.235. The van der Waals surface area contributed by atoms with Crippen LogP contribution < -0.4 is 13.7 Å². The normalized spacial score (nSPS) is 11.3. The number of rotatable bonds is 6. The molecule has 0 amide bonds. The van der Waals surface area contributed by atoms with Crippen LogP contribution in [-0.4, -0.2) is 0 Å². The molecule has 0 radical (unpaired) electrons. The van der Waals surface area contributed by atoms with Crippen molar-refractivity contribution in [2.45, 2.75) is 83.1 Å². The third-order valence-corrected chi connectivity index (χ3v) is 11.5. The maximum absolute atomic E-state index is 2.37. The van der Waals surface area contributed by atoms with Crippen LogP contribution in [0.1, 0.15) is 66.8 Å². The van der Waals surface area contributed by atoms with E-state index in [4.69, 9.17) is 0 Å². The van der Waals surface area contributed by atoms with Crippen LogP contribution in [-0.2, 0) is 0 Å². The zero-order valence-electron chi connectivity index (χ0n) is 34.2. The highest BCUT2D eigenvalue weighted by molar-refractivity contribution is 5.77. The Hall–Kier alpha value is -5.67. The van der Waals surface area contributed by atoms with Gasteiger partial charge in [0, 0.05) is 34.9 Å². The van der Waals surface area contributed by atoms with Gasteiger partial charge in [-0.15, -0.1) is 0 Å². The van der Waals surface area contributed by atoms with Crippen LogP contribution in [0, 0.1) is 83.1 Å². The lowest BCUT2D eigenvalue weighted by Gasteiger charge is -2.15. The Morgan fingerprint density at radius 2 is 0.481 bits per heavy atom. The Morgan fingerprint density at radius 1 is 0.259 bits per heavy atom. The first-order valence-electron chi connectivity index (χ1n) is 19.2. The number of aryl methyl sites for hydroxylation is 12. The number of nitrogens with zero attached hydrogens (tertiary/aromatic N) is 3. The molecule has 0 saturated heterocycles. The Labute approximate surface area is 322 Å². The topological polar surface area (TPSA) is 11.6 Å². The zero-order chi connectivity index (χ0) is 38.6. The Morgan fingerprint density at radius 3 is 0.704 bits per heavy atom. The summed E-state index contributed by atoms with van der Waals surface area (Å²) in [6, 6.07) is 33.9. The summed E-state index contributed by atoms with van der Waals surface area (Å²) >= 11 is 0.